The number of carbonyl (C=O) groups excluding carboxylic acids is 1. The highest BCUT2D eigenvalue weighted by Crippen LogP contribution is 2.14. The van der Waals surface area contributed by atoms with Gasteiger partial charge in [0.2, 0.25) is 0 Å². The van der Waals surface area contributed by atoms with Crippen LogP contribution in [-0.4, -0.2) is 33.7 Å². The third-order valence-electron chi connectivity index (χ3n) is 5.73. The maximum Gasteiger partial charge on any atom is 0.251 e. The highest BCUT2D eigenvalue weighted by Gasteiger charge is 2.11. The SMILES string of the molecule is Cc1cc(C)n(Cc2ccc(C(=O)NCc3ccc(CN4CCCC4)cc3)cc2)n1. The number of hydrogen-bond donors (Lipinski definition) is 1. The molecule has 156 valence electrons. The van der Waals surface area contributed by atoms with Crippen LogP contribution in [-0.2, 0) is 19.6 Å². The van der Waals surface area contributed by atoms with Crippen molar-refractivity contribution in [2.45, 2.75) is 46.3 Å². The summed E-state index contributed by atoms with van der Waals surface area (Å²) < 4.78 is 1.98. The number of likely N-dealkylation sites (tertiary alicyclic amines) is 1. The van der Waals surface area contributed by atoms with Crippen LogP contribution in [0.4, 0.5) is 0 Å². The molecule has 2 aromatic carbocycles. The molecule has 3 aromatic rings. The Morgan fingerprint density at radius 3 is 2.13 bits per heavy atom. The molecule has 1 aromatic heterocycles. The zero-order valence-corrected chi connectivity index (χ0v) is 17.9. The average Bonchev–Trinajstić information content (AvgIpc) is 3.37. The molecule has 0 aliphatic carbocycles. The minimum absolute atomic E-state index is 0.0474. The second-order valence-corrected chi connectivity index (χ2v) is 8.26. The molecule has 0 radical (unpaired) electrons. The molecule has 4 rings (SSSR count). The van der Waals surface area contributed by atoms with Crippen molar-refractivity contribution in [2.75, 3.05) is 13.1 Å². The molecule has 5 nitrogen and oxygen atoms in total. The van der Waals surface area contributed by atoms with E-state index in [4.69, 9.17) is 0 Å². The number of nitrogens with one attached hydrogen (secondary N) is 1. The first-order chi connectivity index (χ1) is 14.6. The van der Waals surface area contributed by atoms with Crippen LogP contribution in [0.5, 0.6) is 0 Å². The summed E-state index contributed by atoms with van der Waals surface area (Å²) in [5, 5.41) is 7.52. The van der Waals surface area contributed by atoms with Gasteiger partial charge in [-0.3, -0.25) is 14.4 Å². The quantitative estimate of drug-likeness (QED) is 0.648. The van der Waals surface area contributed by atoms with E-state index in [2.05, 4.69) is 52.6 Å². The molecule has 30 heavy (non-hydrogen) atoms. The van der Waals surface area contributed by atoms with E-state index < -0.39 is 0 Å². The molecule has 1 aliphatic rings. The van der Waals surface area contributed by atoms with Gasteiger partial charge >= 0.3 is 0 Å². The maximum absolute atomic E-state index is 12.5. The lowest BCUT2D eigenvalue weighted by molar-refractivity contribution is 0.0951. The summed E-state index contributed by atoms with van der Waals surface area (Å²) >= 11 is 0. The summed E-state index contributed by atoms with van der Waals surface area (Å²) in [6.07, 6.45) is 2.63. The molecule has 0 spiro atoms. The molecule has 1 N–H and O–H groups in total. The minimum atomic E-state index is -0.0474. The van der Waals surface area contributed by atoms with Crippen molar-refractivity contribution in [3.8, 4) is 0 Å². The third kappa shape index (κ3) is 5.16. The first-order valence-corrected chi connectivity index (χ1v) is 10.8. The van der Waals surface area contributed by atoms with E-state index in [1.807, 2.05) is 35.9 Å². The Bertz CT molecular complexity index is 983. The molecule has 0 atom stereocenters. The lowest BCUT2D eigenvalue weighted by atomic mass is 10.1. The highest BCUT2D eigenvalue weighted by molar-refractivity contribution is 5.94. The number of amides is 1. The maximum atomic E-state index is 12.5. The molecule has 0 saturated carbocycles. The van der Waals surface area contributed by atoms with Crippen LogP contribution in [0.2, 0.25) is 0 Å². The molecular formula is C25H30N4O. The number of aryl methyl sites for hydroxylation is 2. The van der Waals surface area contributed by atoms with E-state index >= 15 is 0 Å². The van der Waals surface area contributed by atoms with Crippen molar-refractivity contribution >= 4 is 5.91 Å². The summed E-state index contributed by atoms with van der Waals surface area (Å²) in [6.45, 7) is 8.74. The van der Waals surface area contributed by atoms with E-state index in [0.29, 0.717) is 18.7 Å². The summed E-state index contributed by atoms with van der Waals surface area (Å²) in [5.41, 5.74) is 6.43. The van der Waals surface area contributed by atoms with Gasteiger partial charge in [-0.05, 0) is 74.7 Å². The van der Waals surface area contributed by atoms with Crippen molar-refractivity contribution in [2.24, 2.45) is 0 Å². The minimum Gasteiger partial charge on any atom is -0.348 e. The fourth-order valence-electron chi connectivity index (χ4n) is 4.02. The Labute approximate surface area is 178 Å². The first kappa shape index (κ1) is 20.4. The number of hydrogen-bond acceptors (Lipinski definition) is 3. The fraction of sp³-hybridized carbons (Fsp3) is 0.360. The fourth-order valence-corrected chi connectivity index (χ4v) is 4.02. The normalized spacial score (nSPS) is 14.2. The standard InChI is InChI=1S/C25H30N4O/c1-19-15-20(2)29(27-19)18-23-9-11-24(12-10-23)25(30)26-16-21-5-7-22(8-6-21)17-28-13-3-4-14-28/h5-12,15H,3-4,13-14,16-18H2,1-2H3,(H,26,30). The van der Waals surface area contributed by atoms with Gasteiger partial charge in [-0.25, -0.2) is 0 Å². The third-order valence-corrected chi connectivity index (χ3v) is 5.73. The van der Waals surface area contributed by atoms with Crippen LogP contribution in [0.3, 0.4) is 0 Å². The molecule has 1 fully saturated rings. The van der Waals surface area contributed by atoms with Gasteiger partial charge in [-0.2, -0.15) is 5.10 Å². The molecule has 2 heterocycles. The average molecular weight is 403 g/mol. The van der Waals surface area contributed by atoms with Crippen molar-refractivity contribution < 1.29 is 4.79 Å². The van der Waals surface area contributed by atoms with Gasteiger partial charge in [0, 0.05) is 24.3 Å². The second kappa shape index (κ2) is 9.26. The van der Waals surface area contributed by atoms with Crippen LogP contribution in [0.15, 0.2) is 54.6 Å². The molecule has 1 saturated heterocycles. The number of rotatable bonds is 7. The predicted molar refractivity (Wildman–Crippen MR) is 119 cm³/mol. The van der Waals surface area contributed by atoms with E-state index in [1.165, 1.54) is 31.5 Å². The van der Waals surface area contributed by atoms with E-state index in [1.54, 1.807) is 0 Å². The summed E-state index contributed by atoms with van der Waals surface area (Å²) in [5.74, 6) is -0.0474. The van der Waals surface area contributed by atoms with Gasteiger partial charge in [-0.15, -0.1) is 0 Å². The van der Waals surface area contributed by atoms with Gasteiger partial charge < -0.3 is 5.32 Å². The van der Waals surface area contributed by atoms with E-state index in [-0.39, 0.29) is 5.91 Å². The molecule has 1 amide bonds. The predicted octanol–water partition coefficient (Wildman–Crippen LogP) is 4.07. The van der Waals surface area contributed by atoms with Gasteiger partial charge in [0.25, 0.3) is 5.91 Å². The zero-order chi connectivity index (χ0) is 20.9. The highest BCUT2D eigenvalue weighted by atomic mass is 16.1. The number of aromatic nitrogens is 2. The van der Waals surface area contributed by atoms with E-state index in [9.17, 15) is 4.79 Å². The van der Waals surface area contributed by atoms with Gasteiger partial charge in [0.15, 0.2) is 0 Å². The summed E-state index contributed by atoms with van der Waals surface area (Å²) in [4.78, 5) is 15.0. The van der Waals surface area contributed by atoms with Crippen LogP contribution >= 0.6 is 0 Å². The summed E-state index contributed by atoms with van der Waals surface area (Å²) in [6, 6.07) is 18.4. The zero-order valence-electron chi connectivity index (χ0n) is 17.9. The first-order valence-electron chi connectivity index (χ1n) is 10.8. The van der Waals surface area contributed by atoms with Gasteiger partial charge in [0.1, 0.15) is 0 Å². The molecule has 5 heteroatoms. The summed E-state index contributed by atoms with van der Waals surface area (Å²) in [7, 11) is 0. The van der Waals surface area contributed by atoms with Crippen LogP contribution in [0, 0.1) is 13.8 Å². The largest absolute Gasteiger partial charge is 0.348 e. The monoisotopic (exact) mass is 402 g/mol. The smallest absolute Gasteiger partial charge is 0.251 e. The lowest BCUT2D eigenvalue weighted by Crippen LogP contribution is -2.23. The van der Waals surface area contributed by atoms with Crippen LogP contribution in [0.1, 0.15) is 51.3 Å². The van der Waals surface area contributed by atoms with Crippen LogP contribution in [0.25, 0.3) is 0 Å². The van der Waals surface area contributed by atoms with Gasteiger partial charge in [0.05, 0.1) is 12.2 Å². The van der Waals surface area contributed by atoms with Crippen LogP contribution < -0.4 is 5.32 Å². The lowest BCUT2D eigenvalue weighted by Gasteiger charge is -2.14. The Hall–Kier alpha value is -2.92. The Morgan fingerprint density at radius 1 is 0.900 bits per heavy atom. The topological polar surface area (TPSA) is 50.2 Å². The van der Waals surface area contributed by atoms with Crippen molar-refractivity contribution in [1.82, 2.24) is 20.0 Å². The Morgan fingerprint density at radius 2 is 1.50 bits per heavy atom. The Balaban J connectivity index is 1.28. The number of benzene rings is 2. The molecule has 1 aliphatic heterocycles. The molecule has 0 unspecified atom stereocenters. The van der Waals surface area contributed by atoms with E-state index in [0.717, 1.165) is 29.1 Å². The Kier molecular flexibility index (Phi) is 6.29. The number of carbonyl (C=O) groups is 1. The van der Waals surface area contributed by atoms with Crippen molar-refractivity contribution in [3.63, 3.8) is 0 Å². The molecular weight excluding hydrogens is 372 g/mol. The molecule has 0 bridgehead atoms. The number of nitrogens with zero attached hydrogens (tertiary/aromatic N) is 3. The second-order valence-electron chi connectivity index (χ2n) is 8.26. The van der Waals surface area contributed by atoms with Crippen molar-refractivity contribution in [1.29, 1.82) is 0 Å². The van der Waals surface area contributed by atoms with Crippen molar-refractivity contribution in [3.05, 3.63) is 88.2 Å². The van der Waals surface area contributed by atoms with Gasteiger partial charge in [-0.1, -0.05) is 36.4 Å².